The van der Waals surface area contributed by atoms with Gasteiger partial charge in [0.15, 0.2) is 10.9 Å². The minimum Gasteiger partial charge on any atom is -0.360 e. The molecule has 170 valence electrons. The average molecular weight is 475 g/mol. The van der Waals surface area contributed by atoms with Crippen molar-refractivity contribution in [3.63, 3.8) is 0 Å². The molecule has 0 atom stereocenters. The van der Waals surface area contributed by atoms with E-state index in [9.17, 15) is 13.2 Å². The zero-order chi connectivity index (χ0) is 22.5. The number of rotatable bonds is 5. The monoisotopic (exact) mass is 474 g/mol. The predicted molar refractivity (Wildman–Crippen MR) is 123 cm³/mol. The molecule has 2 aromatic rings. The van der Waals surface area contributed by atoms with Crippen LogP contribution in [0.2, 0.25) is 0 Å². The van der Waals surface area contributed by atoms with Crippen molar-refractivity contribution >= 4 is 44.8 Å². The lowest BCUT2D eigenvalue weighted by Crippen LogP contribution is -2.55. The van der Waals surface area contributed by atoms with Gasteiger partial charge in [-0.1, -0.05) is 5.16 Å². The summed E-state index contributed by atoms with van der Waals surface area (Å²) in [6.07, 6.45) is 6.73. The Morgan fingerprint density at radius 3 is 2.22 bits per heavy atom. The summed E-state index contributed by atoms with van der Waals surface area (Å²) in [5.74, 6) is 2.69. The van der Waals surface area contributed by atoms with Gasteiger partial charge < -0.3 is 15.2 Å². The topological polar surface area (TPSA) is 113 Å². The van der Waals surface area contributed by atoms with Gasteiger partial charge in [0.2, 0.25) is 5.91 Å². The Hall–Kier alpha value is -2.46. The van der Waals surface area contributed by atoms with E-state index in [1.807, 2.05) is 0 Å². The fourth-order valence-corrected chi connectivity index (χ4v) is 7.31. The predicted octanol–water partition coefficient (Wildman–Crippen LogP) is 3.81. The molecule has 4 saturated carbocycles. The normalized spacial score (nSPS) is 28.3. The van der Waals surface area contributed by atoms with Crippen molar-refractivity contribution < 1.29 is 17.7 Å². The lowest BCUT2D eigenvalue weighted by molar-refractivity contribution is -0.144. The Morgan fingerprint density at radius 2 is 1.69 bits per heavy atom. The summed E-state index contributed by atoms with van der Waals surface area (Å²) in [4.78, 5) is 13.2. The Balaban J connectivity index is 1.20. The van der Waals surface area contributed by atoms with Gasteiger partial charge in [-0.05, 0) is 99.7 Å². The molecule has 0 saturated heterocycles. The van der Waals surface area contributed by atoms with Crippen molar-refractivity contribution in [3.05, 3.63) is 36.1 Å². The second-order valence-corrected chi connectivity index (χ2v) is 11.6. The number of nitrogens with zero attached hydrogens (tertiary/aromatic N) is 1. The maximum atomic E-state index is 13.1. The van der Waals surface area contributed by atoms with Crippen LogP contribution in [0.25, 0.3) is 0 Å². The number of carbonyl (C=O) groups is 1. The van der Waals surface area contributed by atoms with Crippen LogP contribution in [-0.2, 0) is 14.8 Å². The smallest absolute Gasteiger partial charge is 0.263 e. The maximum Gasteiger partial charge on any atom is 0.263 e. The van der Waals surface area contributed by atoms with E-state index >= 15 is 0 Å². The standard InChI is InChI=1S/C22H26N4O4S2/c1-13-6-19(25-30-13)26-32(28,29)18-4-2-17(3-5-18)23-21(31)24-20(27)22-10-14-7-15(11-22)9-16(8-14)12-22/h2-6,14-16H,7-12H2,1H3,(H,25,26)(H2,23,24,27,31). The summed E-state index contributed by atoms with van der Waals surface area (Å²) in [6, 6.07) is 7.62. The van der Waals surface area contributed by atoms with Crippen LogP contribution in [0.5, 0.6) is 0 Å². The number of carbonyl (C=O) groups excluding carboxylic acids is 1. The molecule has 1 aromatic heterocycles. The van der Waals surface area contributed by atoms with E-state index in [4.69, 9.17) is 16.7 Å². The largest absolute Gasteiger partial charge is 0.360 e. The molecule has 0 aliphatic heterocycles. The fraction of sp³-hybridized carbons (Fsp3) is 0.500. The number of sulfonamides is 1. The van der Waals surface area contributed by atoms with Gasteiger partial charge in [0, 0.05) is 11.8 Å². The van der Waals surface area contributed by atoms with E-state index in [0.29, 0.717) is 29.2 Å². The second kappa shape index (κ2) is 7.84. The summed E-state index contributed by atoms with van der Waals surface area (Å²) in [5, 5.41) is 9.77. The number of amides is 1. The van der Waals surface area contributed by atoms with Crippen molar-refractivity contribution in [2.75, 3.05) is 10.0 Å². The quantitative estimate of drug-likeness (QED) is 0.565. The van der Waals surface area contributed by atoms with Gasteiger partial charge in [0.05, 0.1) is 10.3 Å². The van der Waals surface area contributed by atoms with E-state index < -0.39 is 10.0 Å². The highest BCUT2D eigenvalue weighted by Crippen LogP contribution is 2.60. The van der Waals surface area contributed by atoms with Crippen LogP contribution in [0.4, 0.5) is 11.5 Å². The zero-order valence-corrected chi connectivity index (χ0v) is 19.4. The minimum absolute atomic E-state index is 0.0282. The van der Waals surface area contributed by atoms with Crippen LogP contribution in [0.15, 0.2) is 39.8 Å². The Kier molecular flexibility index (Phi) is 5.24. The maximum absolute atomic E-state index is 13.1. The molecule has 0 unspecified atom stereocenters. The minimum atomic E-state index is -3.79. The molecule has 3 N–H and O–H groups in total. The molecule has 4 aliphatic rings. The van der Waals surface area contributed by atoms with Crippen LogP contribution in [0, 0.1) is 30.1 Å². The highest BCUT2D eigenvalue weighted by Gasteiger charge is 2.54. The van der Waals surface area contributed by atoms with E-state index in [1.54, 1.807) is 19.1 Å². The number of aryl methyl sites for hydroxylation is 1. The number of hydrogen-bond acceptors (Lipinski definition) is 6. The lowest BCUT2D eigenvalue weighted by Gasteiger charge is -2.55. The van der Waals surface area contributed by atoms with Gasteiger partial charge in [0.25, 0.3) is 10.0 Å². The fourth-order valence-electron chi connectivity index (χ4n) is 6.12. The first-order valence-electron chi connectivity index (χ1n) is 10.9. The third-order valence-corrected chi connectivity index (χ3v) is 8.61. The Morgan fingerprint density at radius 1 is 1.09 bits per heavy atom. The Bertz CT molecular complexity index is 1120. The van der Waals surface area contributed by atoms with E-state index in [-0.39, 0.29) is 27.1 Å². The van der Waals surface area contributed by atoms with Crippen molar-refractivity contribution in [1.29, 1.82) is 0 Å². The molecule has 1 aromatic carbocycles. The van der Waals surface area contributed by atoms with Crippen molar-refractivity contribution in [1.82, 2.24) is 10.5 Å². The molecule has 4 fully saturated rings. The molecule has 0 spiro atoms. The van der Waals surface area contributed by atoms with Gasteiger partial charge >= 0.3 is 0 Å². The summed E-state index contributed by atoms with van der Waals surface area (Å²) in [6.45, 7) is 1.68. The molecule has 1 amide bonds. The van der Waals surface area contributed by atoms with Crippen molar-refractivity contribution in [2.45, 2.75) is 50.3 Å². The van der Waals surface area contributed by atoms with Gasteiger partial charge in [-0.3, -0.25) is 9.52 Å². The summed E-state index contributed by atoms with van der Waals surface area (Å²) in [7, 11) is -3.79. The van der Waals surface area contributed by atoms with Gasteiger partial charge in [-0.2, -0.15) is 0 Å². The highest BCUT2D eigenvalue weighted by molar-refractivity contribution is 7.92. The van der Waals surface area contributed by atoms with E-state index in [2.05, 4.69) is 20.5 Å². The molecule has 4 aliphatic carbocycles. The molecule has 10 heteroatoms. The molecule has 6 rings (SSSR count). The molecule has 8 nitrogen and oxygen atoms in total. The molecule has 32 heavy (non-hydrogen) atoms. The second-order valence-electron chi connectivity index (χ2n) is 9.56. The third kappa shape index (κ3) is 4.13. The van der Waals surface area contributed by atoms with Crippen LogP contribution in [-0.4, -0.2) is 24.6 Å². The molecular formula is C22H26N4O4S2. The first-order valence-corrected chi connectivity index (χ1v) is 12.8. The van der Waals surface area contributed by atoms with Gasteiger partial charge in [-0.25, -0.2) is 8.42 Å². The summed E-state index contributed by atoms with van der Waals surface area (Å²) >= 11 is 5.37. The van der Waals surface area contributed by atoms with Crippen LogP contribution in [0.1, 0.15) is 44.3 Å². The SMILES string of the molecule is Cc1cc(NS(=O)(=O)c2ccc(NC(=S)NC(=O)C34CC5CC(CC(C5)C3)C4)cc2)no1. The first-order chi connectivity index (χ1) is 15.2. The highest BCUT2D eigenvalue weighted by atomic mass is 32.2. The number of thiocarbonyl (C=S) groups is 1. The molecular weight excluding hydrogens is 448 g/mol. The van der Waals surface area contributed by atoms with E-state index in [0.717, 1.165) is 19.3 Å². The number of aromatic nitrogens is 1. The van der Waals surface area contributed by atoms with Crippen LogP contribution >= 0.6 is 12.2 Å². The number of benzene rings is 1. The summed E-state index contributed by atoms with van der Waals surface area (Å²) in [5.41, 5.74) is 0.320. The Labute approximate surface area is 192 Å². The van der Waals surface area contributed by atoms with Gasteiger partial charge in [-0.15, -0.1) is 0 Å². The molecule has 4 bridgehead atoms. The van der Waals surface area contributed by atoms with E-state index in [1.165, 1.54) is 37.5 Å². The van der Waals surface area contributed by atoms with Gasteiger partial charge in [0.1, 0.15) is 5.76 Å². The number of hydrogen-bond donors (Lipinski definition) is 3. The van der Waals surface area contributed by atoms with Crippen LogP contribution in [0.3, 0.4) is 0 Å². The number of anilines is 2. The first kappa shape index (κ1) is 21.4. The number of nitrogens with one attached hydrogen (secondary N) is 3. The summed E-state index contributed by atoms with van der Waals surface area (Å²) < 4.78 is 32.2. The zero-order valence-electron chi connectivity index (χ0n) is 17.8. The van der Waals surface area contributed by atoms with Crippen molar-refractivity contribution in [3.8, 4) is 0 Å². The third-order valence-electron chi connectivity index (χ3n) is 7.04. The average Bonchev–Trinajstić information content (AvgIpc) is 3.11. The van der Waals surface area contributed by atoms with Crippen LogP contribution < -0.4 is 15.4 Å². The molecule has 0 radical (unpaired) electrons. The lowest BCUT2D eigenvalue weighted by atomic mass is 9.49. The molecule has 1 heterocycles. The van der Waals surface area contributed by atoms with Crippen molar-refractivity contribution in [2.24, 2.45) is 23.2 Å².